The Hall–Kier alpha value is -1.13. The maximum absolute atomic E-state index is 12.4. The third-order valence-corrected chi connectivity index (χ3v) is 6.21. The molecule has 0 aromatic carbocycles. The number of rotatable bonds is 24. The lowest BCUT2D eigenvalue weighted by molar-refractivity contribution is -0.156. The Labute approximate surface area is 212 Å². The van der Waals surface area contributed by atoms with Gasteiger partial charge in [-0.2, -0.15) is 0 Å². The molecule has 2 atom stereocenters. The third kappa shape index (κ3) is 22.7. The molecule has 0 amide bonds. The average molecular weight is 480 g/mol. The zero-order chi connectivity index (χ0) is 25.3. The third-order valence-electron chi connectivity index (χ3n) is 6.21. The highest BCUT2D eigenvalue weighted by atomic mass is 16.6. The lowest BCUT2D eigenvalue weighted by atomic mass is 10.0. The van der Waals surface area contributed by atoms with Gasteiger partial charge in [-0.15, -0.1) is 0 Å². The molecule has 0 aliphatic heterocycles. The minimum absolute atomic E-state index is 0.153. The van der Waals surface area contributed by atoms with Crippen molar-refractivity contribution in [2.45, 2.75) is 142 Å². The molecular weight excluding hydrogens is 422 g/mol. The summed E-state index contributed by atoms with van der Waals surface area (Å²) in [6.07, 6.45) is 26.7. The van der Waals surface area contributed by atoms with Crippen molar-refractivity contribution in [2.75, 3.05) is 20.6 Å². The molecule has 0 rings (SSSR count). The van der Waals surface area contributed by atoms with E-state index in [0.717, 1.165) is 70.8 Å². The fraction of sp³-hybridized carbons (Fsp3) is 0.833. The van der Waals surface area contributed by atoms with Crippen LogP contribution in [0.15, 0.2) is 24.3 Å². The van der Waals surface area contributed by atoms with Crippen LogP contribution in [0, 0.1) is 0 Å². The number of aliphatic hydroxyl groups is 1. The SMILES string of the molecule is CCCCC/C=C\CCCC(O)C(CCC/C=C\CCCCC)OC(=O)CCCCCN(C)C. The molecular formula is C30H57NO3. The Morgan fingerprint density at radius 1 is 0.735 bits per heavy atom. The van der Waals surface area contributed by atoms with Gasteiger partial charge in [0.2, 0.25) is 0 Å². The van der Waals surface area contributed by atoms with E-state index in [0.29, 0.717) is 12.8 Å². The maximum Gasteiger partial charge on any atom is 0.306 e. The highest BCUT2D eigenvalue weighted by Gasteiger charge is 2.22. The van der Waals surface area contributed by atoms with Crippen LogP contribution in [0.25, 0.3) is 0 Å². The van der Waals surface area contributed by atoms with E-state index >= 15 is 0 Å². The molecule has 0 saturated carbocycles. The highest BCUT2D eigenvalue weighted by molar-refractivity contribution is 5.69. The Morgan fingerprint density at radius 3 is 1.79 bits per heavy atom. The Bertz CT molecular complexity index is 501. The zero-order valence-corrected chi connectivity index (χ0v) is 23.1. The first-order valence-corrected chi connectivity index (χ1v) is 14.3. The molecule has 0 radical (unpaired) electrons. The van der Waals surface area contributed by atoms with Crippen molar-refractivity contribution in [1.82, 2.24) is 4.90 Å². The van der Waals surface area contributed by atoms with E-state index in [-0.39, 0.29) is 12.1 Å². The first-order chi connectivity index (χ1) is 16.5. The lowest BCUT2D eigenvalue weighted by Crippen LogP contribution is -2.31. The van der Waals surface area contributed by atoms with Crippen LogP contribution in [0.1, 0.15) is 129 Å². The van der Waals surface area contributed by atoms with Crippen LogP contribution >= 0.6 is 0 Å². The van der Waals surface area contributed by atoms with Crippen molar-refractivity contribution in [3.63, 3.8) is 0 Å². The smallest absolute Gasteiger partial charge is 0.306 e. The van der Waals surface area contributed by atoms with E-state index in [9.17, 15) is 9.90 Å². The van der Waals surface area contributed by atoms with E-state index < -0.39 is 6.10 Å². The van der Waals surface area contributed by atoms with Crippen molar-refractivity contribution >= 4 is 5.97 Å². The van der Waals surface area contributed by atoms with Crippen LogP contribution in [-0.4, -0.2) is 48.8 Å². The van der Waals surface area contributed by atoms with Gasteiger partial charge in [0.1, 0.15) is 6.10 Å². The first kappa shape index (κ1) is 32.9. The van der Waals surface area contributed by atoms with Crippen LogP contribution in [-0.2, 0) is 9.53 Å². The molecule has 0 aliphatic rings. The quantitative estimate of drug-likeness (QED) is 0.0865. The van der Waals surface area contributed by atoms with Gasteiger partial charge in [-0.3, -0.25) is 4.79 Å². The van der Waals surface area contributed by atoms with E-state index in [1.165, 1.54) is 38.5 Å². The molecule has 4 nitrogen and oxygen atoms in total. The molecule has 0 aromatic rings. The molecule has 0 aliphatic carbocycles. The van der Waals surface area contributed by atoms with Crippen LogP contribution in [0.3, 0.4) is 0 Å². The van der Waals surface area contributed by atoms with Crippen molar-refractivity contribution in [1.29, 1.82) is 0 Å². The van der Waals surface area contributed by atoms with Crippen molar-refractivity contribution in [3.05, 3.63) is 24.3 Å². The standard InChI is InChI=1S/C30H57NO3/c1-5-7-9-11-13-15-17-20-24-28(32)29(25-21-18-16-14-12-10-8-6-2)34-30(33)26-22-19-23-27-31(3)4/h13-16,28-29,32H,5-12,17-27H2,1-4H3/b15-13-,16-14-. The van der Waals surface area contributed by atoms with Crippen LogP contribution < -0.4 is 0 Å². The minimum Gasteiger partial charge on any atom is -0.460 e. The number of esters is 1. The molecule has 200 valence electrons. The van der Waals surface area contributed by atoms with Crippen molar-refractivity contribution in [3.8, 4) is 0 Å². The lowest BCUT2D eigenvalue weighted by Gasteiger charge is -2.23. The molecule has 1 N–H and O–H groups in total. The number of carbonyl (C=O) groups is 1. The maximum atomic E-state index is 12.4. The number of hydrogen-bond acceptors (Lipinski definition) is 4. The topological polar surface area (TPSA) is 49.8 Å². The predicted octanol–water partition coefficient (Wildman–Crippen LogP) is 7.99. The van der Waals surface area contributed by atoms with Gasteiger partial charge in [0.05, 0.1) is 6.10 Å². The molecule has 0 saturated heterocycles. The van der Waals surface area contributed by atoms with E-state index in [2.05, 4.69) is 57.1 Å². The number of allylic oxidation sites excluding steroid dienone is 4. The van der Waals surface area contributed by atoms with Gasteiger partial charge in [0.15, 0.2) is 0 Å². The van der Waals surface area contributed by atoms with Crippen LogP contribution in [0.2, 0.25) is 0 Å². The van der Waals surface area contributed by atoms with Crippen molar-refractivity contribution in [2.24, 2.45) is 0 Å². The normalized spacial score (nSPS) is 13.8. The summed E-state index contributed by atoms with van der Waals surface area (Å²) in [4.78, 5) is 14.6. The summed E-state index contributed by atoms with van der Waals surface area (Å²) in [5.41, 5.74) is 0. The van der Waals surface area contributed by atoms with Crippen LogP contribution in [0.5, 0.6) is 0 Å². The number of aliphatic hydroxyl groups excluding tert-OH is 1. The summed E-state index contributed by atoms with van der Waals surface area (Å²) >= 11 is 0. The van der Waals surface area contributed by atoms with Crippen molar-refractivity contribution < 1.29 is 14.6 Å². The van der Waals surface area contributed by atoms with Gasteiger partial charge in [0, 0.05) is 6.42 Å². The Morgan fingerprint density at radius 2 is 1.26 bits per heavy atom. The zero-order valence-electron chi connectivity index (χ0n) is 23.1. The number of carbonyl (C=O) groups excluding carboxylic acids is 1. The second-order valence-corrected chi connectivity index (χ2v) is 10.0. The van der Waals surface area contributed by atoms with Gasteiger partial charge < -0.3 is 14.7 Å². The van der Waals surface area contributed by atoms with Gasteiger partial charge in [0.25, 0.3) is 0 Å². The Kier molecular flexibility index (Phi) is 24.1. The number of ether oxygens (including phenoxy) is 1. The number of hydrogen-bond donors (Lipinski definition) is 1. The van der Waals surface area contributed by atoms with E-state index in [1.807, 2.05) is 0 Å². The van der Waals surface area contributed by atoms with Crippen LogP contribution in [0.4, 0.5) is 0 Å². The average Bonchev–Trinajstić information content (AvgIpc) is 2.81. The largest absolute Gasteiger partial charge is 0.460 e. The Balaban J connectivity index is 4.39. The van der Waals surface area contributed by atoms with Gasteiger partial charge in [-0.1, -0.05) is 70.3 Å². The second kappa shape index (κ2) is 25.0. The monoisotopic (exact) mass is 479 g/mol. The minimum atomic E-state index is -0.570. The molecule has 34 heavy (non-hydrogen) atoms. The molecule has 0 heterocycles. The summed E-state index contributed by atoms with van der Waals surface area (Å²) in [6, 6.07) is 0. The summed E-state index contributed by atoms with van der Waals surface area (Å²) in [7, 11) is 4.14. The van der Waals surface area contributed by atoms with Gasteiger partial charge in [-0.05, 0) is 97.7 Å². The predicted molar refractivity (Wildman–Crippen MR) is 147 cm³/mol. The second-order valence-electron chi connectivity index (χ2n) is 10.0. The molecule has 0 fully saturated rings. The fourth-order valence-electron chi connectivity index (χ4n) is 4.00. The molecule has 0 spiro atoms. The fourth-order valence-corrected chi connectivity index (χ4v) is 4.00. The molecule has 0 aromatic heterocycles. The first-order valence-electron chi connectivity index (χ1n) is 14.3. The van der Waals surface area contributed by atoms with E-state index in [1.54, 1.807) is 0 Å². The van der Waals surface area contributed by atoms with E-state index in [4.69, 9.17) is 4.74 Å². The number of nitrogens with zero attached hydrogens (tertiary/aromatic N) is 1. The highest BCUT2D eigenvalue weighted by Crippen LogP contribution is 2.17. The number of unbranched alkanes of at least 4 members (excludes halogenated alkanes) is 10. The summed E-state index contributed by atoms with van der Waals surface area (Å²) < 4.78 is 5.78. The molecule has 2 unspecified atom stereocenters. The van der Waals surface area contributed by atoms with Gasteiger partial charge >= 0.3 is 5.97 Å². The summed E-state index contributed by atoms with van der Waals surface area (Å²) in [5.74, 6) is -0.153. The molecule has 0 bridgehead atoms. The molecule has 4 heteroatoms. The summed E-state index contributed by atoms with van der Waals surface area (Å²) in [6.45, 7) is 5.50. The van der Waals surface area contributed by atoms with Gasteiger partial charge in [-0.25, -0.2) is 0 Å². The summed E-state index contributed by atoms with van der Waals surface area (Å²) in [5, 5.41) is 10.8.